The number of carbonyl (C=O) groups excluding carboxylic acids is 2. The first-order valence-electron chi connectivity index (χ1n) is 7.23. The third-order valence-electron chi connectivity index (χ3n) is 4.62. The van der Waals surface area contributed by atoms with Crippen molar-refractivity contribution in [3.63, 3.8) is 0 Å². The topological polar surface area (TPSA) is 74.7 Å². The predicted molar refractivity (Wildman–Crippen MR) is 76.1 cm³/mol. The molecule has 0 radical (unpaired) electrons. The molecule has 0 spiro atoms. The number of rotatable bonds is 2. The minimum Gasteiger partial charge on any atom is -0.478 e. The second kappa shape index (κ2) is 4.98. The van der Waals surface area contributed by atoms with E-state index in [-0.39, 0.29) is 29.2 Å². The van der Waals surface area contributed by atoms with Crippen molar-refractivity contribution in [2.75, 3.05) is 4.90 Å². The molecule has 21 heavy (non-hydrogen) atoms. The van der Waals surface area contributed by atoms with Crippen LogP contribution in [0.2, 0.25) is 0 Å². The lowest BCUT2D eigenvalue weighted by molar-refractivity contribution is -0.122. The highest BCUT2D eigenvalue weighted by molar-refractivity contribution is 6.22. The maximum atomic E-state index is 12.5. The van der Waals surface area contributed by atoms with E-state index >= 15 is 0 Å². The average molecular weight is 287 g/mol. The number of hydrogen-bond acceptors (Lipinski definition) is 3. The molecule has 0 bridgehead atoms. The van der Waals surface area contributed by atoms with Gasteiger partial charge in [0.25, 0.3) is 0 Å². The molecule has 5 heteroatoms. The molecule has 1 aromatic carbocycles. The minimum absolute atomic E-state index is 0.128. The van der Waals surface area contributed by atoms with Crippen molar-refractivity contribution in [1.29, 1.82) is 0 Å². The molecule has 1 saturated heterocycles. The van der Waals surface area contributed by atoms with E-state index in [1.165, 1.54) is 11.0 Å². The summed E-state index contributed by atoms with van der Waals surface area (Å²) in [6.45, 7) is 1.64. The molecule has 2 aliphatic rings. The lowest BCUT2D eigenvalue weighted by Gasteiger charge is -2.19. The fourth-order valence-corrected chi connectivity index (χ4v) is 3.50. The summed E-state index contributed by atoms with van der Waals surface area (Å²) in [5, 5.41) is 9.18. The Labute approximate surface area is 122 Å². The van der Waals surface area contributed by atoms with Crippen molar-refractivity contribution < 1.29 is 19.5 Å². The fraction of sp³-hybridized carbons (Fsp3) is 0.438. The van der Waals surface area contributed by atoms with E-state index in [4.69, 9.17) is 0 Å². The normalized spacial score (nSPS) is 25.1. The second-order valence-electron chi connectivity index (χ2n) is 5.76. The Hall–Kier alpha value is -2.17. The minimum atomic E-state index is -1.05. The average Bonchev–Trinajstić information content (AvgIpc) is 2.72. The number of carbonyl (C=O) groups is 3. The van der Waals surface area contributed by atoms with Crippen LogP contribution in [0.5, 0.6) is 0 Å². The molecule has 2 fully saturated rings. The third-order valence-corrected chi connectivity index (χ3v) is 4.62. The molecule has 3 rings (SSSR count). The smallest absolute Gasteiger partial charge is 0.336 e. The molecule has 1 heterocycles. The molecular weight excluding hydrogens is 270 g/mol. The van der Waals surface area contributed by atoms with Crippen LogP contribution in [0.25, 0.3) is 0 Å². The maximum Gasteiger partial charge on any atom is 0.336 e. The van der Waals surface area contributed by atoms with E-state index in [0.717, 1.165) is 25.7 Å². The number of amides is 2. The Balaban J connectivity index is 2.04. The number of carboxylic acid groups (broad SMARTS) is 1. The van der Waals surface area contributed by atoms with Crippen molar-refractivity contribution in [3.8, 4) is 0 Å². The van der Waals surface area contributed by atoms with Gasteiger partial charge in [0.15, 0.2) is 0 Å². The molecule has 1 saturated carbocycles. The highest BCUT2D eigenvalue weighted by Crippen LogP contribution is 2.41. The van der Waals surface area contributed by atoms with Crippen molar-refractivity contribution >= 4 is 23.5 Å². The summed E-state index contributed by atoms with van der Waals surface area (Å²) < 4.78 is 0. The number of hydrogen-bond donors (Lipinski definition) is 1. The van der Waals surface area contributed by atoms with Crippen molar-refractivity contribution in [2.24, 2.45) is 11.8 Å². The predicted octanol–water partition coefficient (Wildman–Crippen LogP) is 2.37. The fourth-order valence-electron chi connectivity index (χ4n) is 3.50. The van der Waals surface area contributed by atoms with Crippen LogP contribution >= 0.6 is 0 Å². The van der Waals surface area contributed by atoms with Gasteiger partial charge in [-0.25, -0.2) is 9.69 Å². The van der Waals surface area contributed by atoms with Crippen LogP contribution in [-0.4, -0.2) is 22.9 Å². The van der Waals surface area contributed by atoms with Gasteiger partial charge >= 0.3 is 5.97 Å². The SMILES string of the molecule is Cc1c(C(=O)O)cccc1N1C(=O)[C@H]2CCCC[C@@H]2C1=O. The molecule has 0 aromatic heterocycles. The molecule has 1 aliphatic carbocycles. The Morgan fingerprint density at radius 2 is 1.71 bits per heavy atom. The zero-order valence-electron chi connectivity index (χ0n) is 11.8. The second-order valence-corrected chi connectivity index (χ2v) is 5.76. The first kappa shape index (κ1) is 13.8. The van der Waals surface area contributed by atoms with E-state index in [1.807, 2.05) is 0 Å². The van der Waals surface area contributed by atoms with Crippen molar-refractivity contribution in [1.82, 2.24) is 0 Å². The number of benzene rings is 1. The molecule has 5 nitrogen and oxygen atoms in total. The summed E-state index contributed by atoms with van der Waals surface area (Å²) in [5.74, 6) is -1.84. The van der Waals surface area contributed by atoms with Crippen LogP contribution in [-0.2, 0) is 9.59 Å². The van der Waals surface area contributed by atoms with E-state index in [9.17, 15) is 19.5 Å². The molecule has 0 unspecified atom stereocenters. The van der Waals surface area contributed by atoms with Gasteiger partial charge in [0.2, 0.25) is 11.8 Å². The van der Waals surface area contributed by atoms with Gasteiger partial charge in [0, 0.05) is 0 Å². The zero-order chi connectivity index (χ0) is 15.1. The molecule has 1 N–H and O–H groups in total. The standard InChI is InChI=1S/C16H17NO4/c1-9-10(16(20)21)7-4-8-13(9)17-14(18)11-5-2-3-6-12(11)15(17)19/h4,7-8,11-12H,2-3,5-6H2,1H3,(H,20,21)/t11-,12-/m0/s1. The van der Waals surface area contributed by atoms with Crippen molar-refractivity contribution in [2.45, 2.75) is 32.6 Å². The van der Waals surface area contributed by atoms with E-state index in [0.29, 0.717) is 11.3 Å². The first-order chi connectivity index (χ1) is 10.0. The number of carboxylic acids is 1. The van der Waals surface area contributed by atoms with Crippen LogP contribution in [0.1, 0.15) is 41.6 Å². The molecule has 2 amide bonds. The summed E-state index contributed by atoms with van der Waals surface area (Å²) >= 11 is 0. The highest BCUT2D eigenvalue weighted by Gasteiger charge is 2.49. The number of fused-ring (bicyclic) bond motifs is 1. The summed E-state index contributed by atoms with van der Waals surface area (Å²) in [6, 6.07) is 4.71. The van der Waals surface area contributed by atoms with Gasteiger partial charge < -0.3 is 5.11 Å². The number of imide groups is 1. The third kappa shape index (κ3) is 2.04. The lowest BCUT2D eigenvalue weighted by atomic mass is 9.81. The largest absolute Gasteiger partial charge is 0.478 e. The van der Waals surface area contributed by atoms with Crippen LogP contribution < -0.4 is 4.90 Å². The quantitative estimate of drug-likeness (QED) is 0.847. The summed E-state index contributed by atoms with van der Waals surface area (Å²) in [6.07, 6.45) is 3.46. The van der Waals surface area contributed by atoms with Gasteiger partial charge in [-0.05, 0) is 37.5 Å². The maximum absolute atomic E-state index is 12.5. The Bertz CT molecular complexity index is 613. The van der Waals surface area contributed by atoms with Crippen LogP contribution in [0, 0.1) is 18.8 Å². The highest BCUT2D eigenvalue weighted by atomic mass is 16.4. The molecule has 2 atom stereocenters. The van der Waals surface area contributed by atoms with Crippen LogP contribution in [0.15, 0.2) is 18.2 Å². The van der Waals surface area contributed by atoms with Gasteiger partial charge in [0.05, 0.1) is 23.1 Å². The molecule has 1 aliphatic heterocycles. The van der Waals surface area contributed by atoms with Gasteiger partial charge in [-0.2, -0.15) is 0 Å². The number of anilines is 1. The summed E-state index contributed by atoms with van der Waals surface area (Å²) in [4.78, 5) is 37.5. The van der Waals surface area contributed by atoms with E-state index in [2.05, 4.69) is 0 Å². The monoisotopic (exact) mass is 287 g/mol. The zero-order valence-corrected chi connectivity index (χ0v) is 11.8. The Kier molecular flexibility index (Phi) is 3.27. The summed E-state index contributed by atoms with van der Waals surface area (Å²) in [5.41, 5.74) is 1.01. The van der Waals surface area contributed by atoms with Crippen LogP contribution in [0.4, 0.5) is 5.69 Å². The van der Waals surface area contributed by atoms with Gasteiger partial charge in [-0.15, -0.1) is 0 Å². The Morgan fingerprint density at radius 3 is 2.24 bits per heavy atom. The van der Waals surface area contributed by atoms with Gasteiger partial charge in [-0.1, -0.05) is 18.9 Å². The number of aromatic carboxylic acids is 1. The van der Waals surface area contributed by atoms with Gasteiger partial charge in [-0.3, -0.25) is 9.59 Å². The number of nitrogens with zero attached hydrogens (tertiary/aromatic N) is 1. The van der Waals surface area contributed by atoms with Gasteiger partial charge in [0.1, 0.15) is 0 Å². The molecule has 1 aromatic rings. The molecular formula is C16H17NO4. The van der Waals surface area contributed by atoms with Crippen LogP contribution in [0.3, 0.4) is 0 Å². The van der Waals surface area contributed by atoms with E-state index < -0.39 is 5.97 Å². The lowest BCUT2D eigenvalue weighted by Crippen LogP contribution is -2.31. The first-order valence-corrected chi connectivity index (χ1v) is 7.23. The molecule has 110 valence electrons. The van der Waals surface area contributed by atoms with Crippen molar-refractivity contribution in [3.05, 3.63) is 29.3 Å². The summed E-state index contributed by atoms with van der Waals surface area (Å²) in [7, 11) is 0. The Morgan fingerprint density at radius 1 is 1.14 bits per heavy atom. The van der Waals surface area contributed by atoms with E-state index in [1.54, 1.807) is 19.1 Å².